The van der Waals surface area contributed by atoms with Gasteiger partial charge in [0.05, 0.1) is 0 Å². The van der Waals surface area contributed by atoms with Gasteiger partial charge in [-0.15, -0.1) is 10.2 Å². The highest BCUT2D eigenvalue weighted by Gasteiger charge is 2.33. The smallest absolute Gasteiger partial charge is 0.155 e. The van der Waals surface area contributed by atoms with Gasteiger partial charge >= 0.3 is 0 Å². The summed E-state index contributed by atoms with van der Waals surface area (Å²) in [6.45, 7) is 6.21. The number of nitrogens with one attached hydrogen (secondary N) is 1. The summed E-state index contributed by atoms with van der Waals surface area (Å²) < 4.78 is 0. The van der Waals surface area contributed by atoms with Gasteiger partial charge in [-0.3, -0.25) is 0 Å². The normalized spacial score (nSPS) is 24.9. The van der Waals surface area contributed by atoms with Crippen LogP contribution >= 0.6 is 11.6 Å². The molecule has 1 aromatic rings. The highest BCUT2D eigenvalue weighted by atomic mass is 35.5. The molecule has 1 N–H and O–H groups in total. The maximum Gasteiger partial charge on any atom is 0.155 e. The van der Waals surface area contributed by atoms with Gasteiger partial charge in [-0.25, -0.2) is 0 Å². The Hall–Kier alpha value is -0.830. The molecule has 0 aromatic carbocycles. The van der Waals surface area contributed by atoms with Crippen molar-refractivity contribution < 1.29 is 0 Å². The van der Waals surface area contributed by atoms with Crippen molar-refractivity contribution in [1.29, 1.82) is 0 Å². The van der Waals surface area contributed by atoms with Crippen LogP contribution in [0, 0.1) is 19.8 Å². The monoisotopic (exact) mass is 211 g/mol. The van der Waals surface area contributed by atoms with Crippen molar-refractivity contribution >= 4 is 17.4 Å². The minimum absolute atomic E-state index is 0.497. The Morgan fingerprint density at radius 3 is 2.50 bits per heavy atom. The molecule has 76 valence electrons. The second-order valence-corrected chi connectivity index (χ2v) is 4.41. The van der Waals surface area contributed by atoms with Gasteiger partial charge in [0.2, 0.25) is 0 Å². The average molecular weight is 212 g/mol. The van der Waals surface area contributed by atoms with Crippen LogP contribution in [-0.4, -0.2) is 16.2 Å². The average Bonchev–Trinajstić information content (AvgIpc) is 2.83. The van der Waals surface area contributed by atoms with Crippen molar-refractivity contribution in [3.63, 3.8) is 0 Å². The topological polar surface area (TPSA) is 37.8 Å². The van der Waals surface area contributed by atoms with Crippen LogP contribution in [0.25, 0.3) is 0 Å². The first-order valence-electron chi connectivity index (χ1n) is 4.85. The Bertz CT molecular complexity index is 365. The molecule has 0 aliphatic heterocycles. The van der Waals surface area contributed by atoms with E-state index in [1.165, 1.54) is 6.42 Å². The molecule has 1 aliphatic rings. The van der Waals surface area contributed by atoms with Gasteiger partial charge in [-0.1, -0.05) is 18.5 Å². The molecule has 0 saturated heterocycles. The molecule has 0 spiro atoms. The van der Waals surface area contributed by atoms with Crippen LogP contribution in [0.3, 0.4) is 0 Å². The van der Waals surface area contributed by atoms with Crippen molar-refractivity contribution in [2.45, 2.75) is 33.2 Å². The largest absolute Gasteiger partial charge is 0.365 e. The summed E-state index contributed by atoms with van der Waals surface area (Å²) in [6.07, 6.45) is 1.22. The van der Waals surface area contributed by atoms with Gasteiger partial charge in [-0.2, -0.15) is 0 Å². The van der Waals surface area contributed by atoms with E-state index in [0.717, 1.165) is 22.9 Å². The van der Waals surface area contributed by atoms with E-state index in [1.54, 1.807) is 0 Å². The van der Waals surface area contributed by atoms with Gasteiger partial charge < -0.3 is 5.32 Å². The van der Waals surface area contributed by atoms with E-state index in [-0.39, 0.29) is 0 Å². The van der Waals surface area contributed by atoms with Crippen LogP contribution in [-0.2, 0) is 0 Å². The molecule has 0 amide bonds. The van der Waals surface area contributed by atoms with E-state index in [0.29, 0.717) is 11.2 Å². The molecular formula is C10H14ClN3. The van der Waals surface area contributed by atoms with Crippen LogP contribution in [0.15, 0.2) is 0 Å². The van der Waals surface area contributed by atoms with Gasteiger partial charge in [-0.05, 0) is 37.3 Å². The van der Waals surface area contributed by atoms with Crippen LogP contribution in [0.2, 0.25) is 5.15 Å². The summed E-state index contributed by atoms with van der Waals surface area (Å²) in [5, 5.41) is 11.8. The minimum Gasteiger partial charge on any atom is -0.365 e. The molecule has 2 unspecified atom stereocenters. The molecular weight excluding hydrogens is 198 g/mol. The third-order valence-corrected chi connectivity index (χ3v) is 3.26. The number of hydrogen-bond donors (Lipinski definition) is 1. The van der Waals surface area contributed by atoms with E-state index in [2.05, 4.69) is 22.4 Å². The zero-order valence-electron chi connectivity index (χ0n) is 8.63. The molecule has 2 atom stereocenters. The van der Waals surface area contributed by atoms with E-state index in [1.807, 2.05) is 13.8 Å². The van der Waals surface area contributed by atoms with Gasteiger partial charge in [0.1, 0.15) is 0 Å². The highest BCUT2D eigenvalue weighted by Crippen LogP contribution is 2.33. The van der Waals surface area contributed by atoms with Crippen molar-refractivity contribution in [3.8, 4) is 0 Å². The number of hydrogen-bond acceptors (Lipinski definition) is 3. The lowest BCUT2D eigenvalue weighted by atomic mass is 10.2. The first-order valence-corrected chi connectivity index (χ1v) is 5.23. The molecule has 1 heterocycles. The molecule has 3 nitrogen and oxygen atoms in total. The lowest BCUT2D eigenvalue weighted by molar-refractivity contribution is 0.904. The Morgan fingerprint density at radius 2 is 1.93 bits per heavy atom. The summed E-state index contributed by atoms with van der Waals surface area (Å²) in [4.78, 5) is 0. The highest BCUT2D eigenvalue weighted by molar-refractivity contribution is 6.30. The molecule has 0 bridgehead atoms. The summed E-state index contributed by atoms with van der Waals surface area (Å²) in [7, 11) is 0. The van der Waals surface area contributed by atoms with Crippen LogP contribution in [0.5, 0.6) is 0 Å². The predicted octanol–water partition coefficient (Wildman–Crippen LogP) is 2.57. The molecule has 1 fully saturated rings. The molecule has 2 rings (SSSR count). The lowest BCUT2D eigenvalue weighted by Gasteiger charge is -2.09. The molecule has 1 aliphatic carbocycles. The van der Waals surface area contributed by atoms with E-state index < -0.39 is 0 Å². The van der Waals surface area contributed by atoms with Crippen molar-refractivity contribution in [2.24, 2.45) is 5.92 Å². The fraction of sp³-hybridized carbons (Fsp3) is 0.600. The molecule has 4 heteroatoms. The minimum atomic E-state index is 0.497. The summed E-state index contributed by atoms with van der Waals surface area (Å²) in [5.41, 5.74) is 2.11. The second kappa shape index (κ2) is 3.39. The van der Waals surface area contributed by atoms with E-state index in [9.17, 15) is 0 Å². The zero-order chi connectivity index (χ0) is 10.3. The molecule has 14 heavy (non-hydrogen) atoms. The second-order valence-electron chi connectivity index (χ2n) is 4.05. The molecule has 1 aromatic heterocycles. The number of halogens is 1. The van der Waals surface area contributed by atoms with Crippen LogP contribution in [0.4, 0.5) is 5.82 Å². The fourth-order valence-electron chi connectivity index (χ4n) is 1.41. The standard InChI is InChI=1S/C10H14ClN3/c1-5-4-8(5)12-10-7(3)6(2)9(11)13-14-10/h5,8H,4H2,1-3H3,(H,12,14). The SMILES string of the molecule is Cc1c(Cl)nnc(NC2CC2C)c1C. The third kappa shape index (κ3) is 1.69. The van der Waals surface area contributed by atoms with Crippen molar-refractivity contribution in [2.75, 3.05) is 5.32 Å². The maximum absolute atomic E-state index is 5.87. The number of aromatic nitrogens is 2. The lowest BCUT2D eigenvalue weighted by Crippen LogP contribution is -2.09. The first-order chi connectivity index (χ1) is 6.59. The number of nitrogens with zero attached hydrogens (tertiary/aromatic N) is 2. The van der Waals surface area contributed by atoms with Gasteiger partial charge in [0.15, 0.2) is 11.0 Å². The van der Waals surface area contributed by atoms with E-state index in [4.69, 9.17) is 11.6 Å². The van der Waals surface area contributed by atoms with Gasteiger partial charge in [0.25, 0.3) is 0 Å². The Balaban J connectivity index is 2.21. The predicted molar refractivity (Wildman–Crippen MR) is 57.7 cm³/mol. The summed E-state index contributed by atoms with van der Waals surface area (Å²) in [6, 6.07) is 0.573. The Morgan fingerprint density at radius 1 is 1.29 bits per heavy atom. The Labute approximate surface area is 88.9 Å². The van der Waals surface area contributed by atoms with Crippen molar-refractivity contribution in [3.05, 3.63) is 16.3 Å². The van der Waals surface area contributed by atoms with Crippen LogP contribution < -0.4 is 5.32 Å². The fourth-order valence-corrected chi connectivity index (χ4v) is 1.59. The number of rotatable bonds is 2. The summed E-state index contributed by atoms with van der Waals surface area (Å²) in [5.74, 6) is 1.63. The van der Waals surface area contributed by atoms with Crippen molar-refractivity contribution in [1.82, 2.24) is 10.2 Å². The molecule has 1 saturated carbocycles. The third-order valence-electron chi connectivity index (χ3n) is 2.90. The quantitative estimate of drug-likeness (QED) is 0.817. The van der Waals surface area contributed by atoms with Crippen LogP contribution in [0.1, 0.15) is 24.5 Å². The zero-order valence-corrected chi connectivity index (χ0v) is 9.39. The van der Waals surface area contributed by atoms with Gasteiger partial charge in [0, 0.05) is 6.04 Å². The first kappa shape index (κ1) is 9.71. The summed E-state index contributed by atoms with van der Waals surface area (Å²) >= 11 is 5.87. The van der Waals surface area contributed by atoms with E-state index >= 15 is 0 Å². The number of anilines is 1. The Kier molecular flexibility index (Phi) is 2.35. The maximum atomic E-state index is 5.87. The molecule has 0 radical (unpaired) electrons.